The van der Waals surface area contributed by atoms with Crippen LogP contribution in [-0.4, -0.2) is 36.7 Å². The van der Waals surface area contributed by atoms with Crippen molar-refractivity contribution in [3.63, 3.8) is 0 Å². The number of rotatable bonds is 7. The third-order valence-corrected chi connectivity index (χ3v) is 5.89. The van der Waals surface area contributed by atoms with Crippen LogP contribution in [0.4, 0.5) is 5.69 Å². The summed E-state index contributed by atoms with van der Waals surface area (Å²) in [5.74, 6) is 0.0742. The highest BCUT2D eigenvalue weighted by molar-refractivity contribution is 7.14. The van der Waals surface area contributed by atoms with E-state index >= 15 is 0 Å². The van der Waals surface area contributed by atoms with Crippen molar-refractivity contribution in [3.8, 4) is 0 Å². The van der Waals surface area contributed by atoms with E-state index in [4.69, 9.17) is 0 Å². The Labute approximate surface area is 159 Å². The van der Waals surface area contributed by atoms with Gasteiger partial charge in [0.05, 0.1) is 4.88 Å². The lowest BCUT2D eigenvalue weighted by molar-refractivity contribution is -0.130. The van der Waals surface area contributed by atoms with Crippen molar-refractivity contribution >= 4 is 28.7 Å². The number of Topliss-reactive ketones (excluding diaryl/α,β-unsaturated/α-hetero) is 1. The molecule has 1 aliphatic heterocycles. The average Bonchev–Trinajstić information content (AvgIpc) is 3.31. The van der Waals surface area contributed by atoms with E-state index < -0.39 is 0 Å². The summed E-state index contributed by atoms with van der Waals surface area (Å²) in [6, 6.07) is 12.1. The van der Waals surface area contributed by atoms with Crippen LogP contribution in [0.2, 0.25) is 0 Å². The minimum atomic E-state index is 0.0165. The van der Waals surface area contributed by atoms with Crippen LogP contribution in [0.5, 0.6) is 0 Å². The fourth-order valence-corrected chi connectivity index (χ4v) is 4.21. The molecule has 3 rings (SSSR count). The van der Waals surface area contributed by atoms with E-state index in [0.29, 0.717) is 6.54 Å². The van der Waals surface area contributed by atoms with Crippen LogP contribution in [0, 0.1) is 6.92 Å². The maximum Gasteiger partial charge on any atom is 0.223 e. The third-order valence-electron chi connectivity index (χ3n) is 4.85. The second kappa shape index (κ2) is 8.49. The van der Waals surface area contributed by atoms with Crippen molar-refractivity contribution in [2.45, 2.75) is 39.2 Å². The van der Waals surface area contributed by atoms with Gasteiger partial charge in [-0.1, -0.05) is 18.2 Å². The summed E-state index contributed by atoms with van der Waals surface area (Å²) in [7, 11) is 1.82. The molecule has 1 fully saturated rings. The lowest BCUT2D eigenvalue weighted by Gasteiger charge is -2.24. The Morgan fingerprint density at radius 1 is 1.08 bits per heavy atom. The first kappa shape index (κ1) is 18.6. The van der Waals surface area contributed by atoms with E-state index in [1.807, 2.05) is 32.2 Å². The van der Waals surface area contributed by atoms with Gasteiger partial charge in [0.15, 0.2) is 5.78 Å². The Morgan fingerprint density at radius 3 is 2.50 bits per heavy atom. The molecule has 1 amide bonds. The molecule has 0 saturated carbocycles. The first-order chi connectivity index (χ1) is 12.5. The van der Waals surface area contributed by atoms with Gasteiger partial charge in [0.1, 0.15) is 0 Å². The predicted molar refractivity (Wildman–Crippen MR) is 107 cm³/mol. The normalized spacial score (nSPS) is 13.8. The summed E-state index contributed by atoms with van der Waals surface area (Å²) in [5.41, 5.74) is 2.40. The van der Waals surface area contributed by atoms with Crippen LogP contribution in [0.25, 0.3) is 0 Å². The maximum atomic E-state index is 12.5. The molecule has 1 aliphatic rings. The van der Waals surface area contributed by atoms with Gasteiger partial charge in [-0.05, 0) is 43.5 Å². The van der Waals surface area contributed by atoms with Gasteiger partial charge in [-0.3, -0.25) is 9.59 Å². The minimum absolute atomic E-state index is 0.0165. The highest BCUT2D eigenvalue weighted by Gasteiger charge is 2.18. The molecule has 5 heteroatoms. The zero-order valence-corrected chi connectivity index (χ0v) is 16.3. The number of aryl methyl sites for hydroxylation is 1. The van der Waals surface area contributed by atoms with Crippen molar-refractivity contribution in [1.82, 2.24) is 4.90 Å². The lowest BCUT2D eigenvalue weighted by Crippen LogP contribution is -2.28. The molecule has 0 spiro atoms. The molecule has 0 N–H and O–H groups in total. The fraction of sp³-hybridized carbons (Fsp3) is 0.429. The van der Waals surface area contributed by atoms with Gasteiger partial charge in [0.2, 0.25) is 5.91 Å². The van der Waals surface area contributed by atoms with Gasteiger partial charge in [-0.25, -0.2) is 0 Å². The number of ketones is 1. The van der Waals surface area contributed by atoms with E-state index in [9.17, 15) is 9.59 Å². The third kappa shape index (κ3) is 4.52. The zero-order valence-electron chi connectivity index (χ0n) is 15.5. The van der Waals surface area contributed by atoms with Gasteiger partial charge in [0, 0.05) is 50.1 Å². The number of carbonyl (C=O) groups excluding carboxylic acids is 2. The van der Waals surface area contributed by atoms with E-state index in [-0.39, 0.29) is 24.5 Å². The molecular formula is C21H26N2O2S. The minimum Gasteiger partial charge on any atom is -0.371 e. The molecule has 0 unspecified atom stereocenters. The number of carbonyl (C=O) groups is 2. The molecular weight excluding hydrogens is 344 g/mol. The van der Waals surface area contributed by atoms with Crippen LogP contribution < -0.4 is 4.90 Å². The Hall–Kier alpha value is -2.14. The highest BCUT2D eigenvalue weighted by atomic mass is 32.1. The van der Waals surface area contributed by atoms with Crippen molar-refractivity contribution in [2.75, 3.05) is 25.0 Å². The van der Waals surface area contributed by atoms with Gasteiger partial charge < -0.3 is 9.80 Å². The number of benzene rings is 1. The topological polar surface area (TPSA) is 40.6 Å². The van der Waals surface area contributed by atoms with Crippen molar-refractivity contribution < 1.29 is 9.59 Å². The molecule has 0 aliphatic carbocycles. The quantitative estimate of drug-likeness (QED) is 0.683. The van der Waals surface area contributed by atoms with Crippen LogP contribution in [-0.2, 0) is 11.3 Å². The molecule has 2 heterocycles. The summed E-state index contributed by atoms with van der Waals surface area (Å²) in [5, 5.41) is 0. The Balaban J connectivity index is 1.57. The molecule has 26 heavy (non-hydrogen) atoms. The van der Waals surface area contributed by atoms with Crippen molar-refractivity contribution in [1.29, 1.82) is 0 Å². The maximum absolute atomic E-state index is 12.5. The lowest BCUT2D eigenvalue weighted by atomic mass is 10.1. The first-order valence-electron chi connectivity index (χ1n) is 9.21. The molecule has 1 saturated heterocycles. The van der Waals surface area contributed by atoms with Crippen LogP contribution in [0.1, 0.15) is 45.8 Å². The summed E-state index contributed by atoms with van der Waals surface area (Å²) in [6.07, 6.45) is 3.00. The molecule has 4 nitrogen and oxygen atoms in total. The Bertz CT molecular complexity index is 778. The van der Waals surface area contributed by atoms with Crippen LogP contribution in [0.3, 0.4) is 0 Å². The Kier molecular flexibility index (Phi) is 6.09. The molecule has 2 aromatic rings. The number of hydrogen-bond acceptors (Lipinski definition) is 4. The number of thiophene rings is 1. The van der Waals surface area contributed by atoms with E-state index in [2.05, 4.69) is 23.1 Å². The molecule has 1 aromatic carbocycles. The summed E-state index contributed by atoms with van der Waals surface area (Å²) >= 11 is 1.49. The molecule has 0 bridgehead atoms. The number of hydrogen-bond donors (Lipinski definition) is 0. The van der Waals surface area contributed by atoms with Crippen LogP contribution >= 0.6 is 11.3 Å². The van der Waals surface area contributed by atoms with Crippen LogP contribution in [0.15, 0.2) is 36.4 Å². The van der Waals surface area contributed by atoms with E-state index in [1.54, 1.807) is 4.90 Å². The van der Waals surface area contributed by atoms with Crippen molar-refractivity contribution in [2.24, 2.45) is 0 Å². The van der Waals surface area contributed by atoms with E-state index in [0.717, 1.165) is 22.8 Å². The smallest absolute Gasteiger partial charge is 0.223 e. The van der Waals surface area contributed by atoms with Crippen molar-refractivity contribution in [3.05, 3.63) is 51.7 Å². The highest BCUT2D eigenvalue weighted by Crippen LogP contribution is 2.25. The van der Waals surface area contributed by atoms with Gasteiger partial charge in [-0.15, -0.1) is 11.3 Å². The number of nitrogens with zero attached hydrogens (tertiary/aromatic N) is 2. The largest absolute Gasteiger partial charge is 0.371 e. The monoisotopic (exact) mass is 370 g/mol. The summed E-state index contributed by atoms with van der Waals surface area (Å²) in [4.78, 5) is 30.7. The average molecular weight is 371 g/mol. The molecule has 0 atom stereocenters. The second-order valence-electron chi connectivity index (χ2n) is 6.91. The van der Waals surface area contributed by atoms with Gasteiger partial charge in [0.25, 0.3) is 0 Å². The predicted octanol–water partition coefficient (Wildman–Crippen LogP) is 4.28. The fourth-order valence-electron chi connectivity index (χ4n) is 3.37. The number of para-hydroxylation sites is 1. The Morgan fingerprint density at radius 2 is 1.81 bits per heavy atom. The van der Waals surface area contributed by atoms with Gasteiger partial charge in [-0.2, -0.15) is 0 Å². The number of anilines is 1. The SMILES string of the molecule is Cc1ccc(C(=O)CCC(=O)N(C)Cc2ccccc2N2CCCC2)s1. The summed E-state index contributed by atoms with van der Waals surface area (Å²) in [6.45, 7) is 4.74. The molecule has 1 aromatic heterocycles. The molecule has 138 valence electrons. The van der Waals surface area contributed by atoms with Gasteiger partial charge >= 0.3 is 0 Å². The first-order valence-corrected chi connectivity index (χ1v) is 10.0. The standard InChI is InChI=1S/C21H26N2O2S/c1-16-9-11-20(26-16)19(24)10-12-21(25)22(2)15-17-7-3-4-8-18(17)23-13-5-6-14-23/h3-4,7-9,11H,5-6,10,12-15H2,1-2H3. The van der Waals surface area contributed by atoms with E-state index in [1.165, 1.54) is 35.4 Å². The zero-order chi connectivity index (χ0) is 18.5. The second-order valence-corrected chi connectivity index (χ2v) is 8.19. The number of amides is 1. The summed E-state index contributed by atoms with van der Waals surface area (Å²) < 4.78 is 0. The molecule has 0 radical (unpaired) electrons.